The van der Waals surface area contributed by atoms with Gasteiger partial charge in [-0.2, -0.15) is 0 Å². The van der Waals surface area contributed by atoms with Crippen LogP contribution >= 0.6 is 0 Å². The monoisotopic (exact) mass is 509 g/mol. The van der Waals surface area contributed by atoms with Crippen molar-refractivity contribution in [3.8, 4) is 17.0 Å². The second-order valence-corrected chi connectivity index (χ2v) is 10.3. The molecule has 0 bridgehead atoms. The third-order valence-corrected chi connectivity index (χ3v) is 7.09. The zero-order valence-electron chi connectivity index (χ0n) is 21.2. The molecule has 4 N–H and O–H groups in total. The number of rotatable bonds is 8. The number of aromatic nitrogens is 3. The number of carbonyl (C=O) groups is 2. The van der Waals surface area contributed by atoms with Crippen LogP contribution in [0.4, 0.5) is 4.39 Å². The van der Waals surface area contributed by atoms with Crippen molar-refractivity contribution in [1.29, 1.82) is 0 Å². The molecule has 3 aromatic rings. The van der Waals surface area contributed by atoms with Crippen molar-refractivity contribution in [3.63, 3.8) is 0 Å². The molecule has 2 amide bonds. The number of benzene rings is 1. The normalized spacial score (nSPS) is 22.1. The van der Waals surface area contributed by atoms with Gasteiger partial charge in [0, 0.05) is 23.7 Å². The van der Waals surface area contributed by atoms with E-state index in [0.717, 1.165) is 16.9 Å². The highest BCUT2D eigenvalue weighted by Gasteiger charge is 2.37. The lowest BCUT2D eigenvalue weighted by atomic mass is 10.1. The van der Waals surface area contributed by atoms with E-state index in [4.69, 9.17) is 4.74 Å². The Morgan fingerprint density at radius 2 is 2.00 bits per heavy atom. The van der Waals surface area contributed by atoms with Crippen molar-refractivity contribution in [3.05, 3.63) is 41.3 Å². The van der Waals surface area contributed by atoms with Crippen molar-refractivity contribution >= 4 is 22.8 Å². The molecule has 1 aromatic carbocycles. The van der Waals surface area contributed by atoms with E-state index in [1.165, 1.54) is 26.1 Å². The highest BCUT2D eigenvalue weighted by Crippen LogP contribution is 2.37. The Labute approximate surface area is 214 Å². The maximum Gasteiger partial charge on any atom is 0.255 e. The van der Waals surface area contributed by atoms with E-state index in [9.17, 15) is 19.1 Å². The number of carbonyl (C=O) groups excluding carboxylic acids is 2. The van der Waals surface area contributed by atoms with Crippen LogP contribution in [0.2, 0.25) is 0 Å². The van der Waals surface area contributed by atoms with Gasteiger partial charge in [-0.25, -0.2) is 14.4 Å². The zero-order chi connectivity index (χ0) is 26.3. The summed E-state index contributed by atoms with van der Waals surface area (Å²) in [5, 5.41) is 14.8. The summed E-state index contributed by atoms with van der Waals surface area (Å²) in [6.07, 6.45) is 1.59. The van der Waals surface area contributed by atoms with Gasteiger partial charge < -0.3 is 25.5 Å². The Hall–Kier alpha value is -3.53. The molecule has 2 heterocycles. The van der Waals surface area contributed by atoms with Crippen LogP contribution in [0.1, 0.15) is 54.2 Å². The first kappa shape index (κ1) is 25.1. The molecule has 2 aliphatic carbocycles. The maximum atomic E-state index is 14.7. The number of nitrogens with zero attached hydrogens (tertiary/aromatic N) is 2. The minimum atomic E-state index is -1.32. The van der Waals surface area contributed by atoms with Gasteiger partial charge in [0.25, 0.3) is 5.91 Å². The van der Waals surface area contributed by atoms with Crippen LogP contribution in [-0.2, 0) is 4.79 Å². The number of hydrogen-bond donors (Lipinski definition) is 4. The molecule has 0 spiro atoms. The number of hydrogen-bond acceptors (Lipinski definition) is 6. The minimum Gasteiger partial charge on any atom is -0.493 e. The zero-order valence-corrected chi connectivity index (χ0v) is 21.2. The fraction of sp³-hybridized carbons (Fsp3) is 0.481. The topological polar surface area (TPSA) is 129 Å². The van der Waals surface area contributed by atoms with Crippen LogP contribution in [0.25, 0.3) is 22.3 Å². The van der Waals surface area contributed by atoms with Gasteiger partial charge in [-0.3, -0.25) is 9.59 Å². The van der Waals surface area contributed by atoms with Gasteiger partial charge >= 0.3 is 0 Å². The number of ether oxygens (including phenoxy) is 1. The van der Waals surface area contributed by atoms with Gasteiger partial charge in [0.05, 0.1) is 23.7 Å². The number of H-pyrrole nitrogens is 1. The molecular weight excluding hydrogens is 477 g/mol. The summed E-state index contributed by atoms with van der Waals surface area (Å²) in [7, 11) is 0. The molecule has 0 unspecified atom stereocenters. The number of aryl methyl sites for hydroxylation is 2. The summed E-state index contributed by atoms with van der Waals surface area (Å²) in [6, 6.07) is 4.72. The first-order valence-corrected chi connectivity index (χ1v) is 12.7. The molecule has 37 heavy (non-hydrogen) atoms. The second-order valence-electron chi connectivity index (χ2n) is 10.3. The first-order chi connectivity index (χ1) is 17.7. The largest absolute Gasteiger partial charge is 0.493 e. The number of aliphatic hydroxyl groups excluding tert-OH is 1. The van der Waals surface area contributed by atoms with Gasteiger partial charge in [-0.1, -0.05) is 11.6 Å². The lowest BCUT2D eigenvalue weighted by Crippen LogP contribution is -2.41. The maximum absolute atomic E-state index is 14.7. The predicted molar refractivity (Wildman–Crippen MR) is 136 cm³/mol. The molecule has 0 radical (unpaired) electrons. The molecule has 0 aliphatic heterocycles. The second kappa shape index (κ2) is 10.1. The molecule has 4 atom stereocenters. The van der Waals surface area contributed by atoms with Gasteiger partial charge in [-0.15, -0.1) is 0 Å². The first-order valence-electron chi connectivity index (χ1n) is 12.7. The number of nitrogens with one attached hydrogen (secondary N) is 3. The molecule has 0 saturated heterocycles. The Balaban J connectivity index is 1.40. The molecule has 196 valence electrons. The lowest BCUT2D eigenvalue weighted by Gasteiger charge is -2.16. The SMILES string of the molecule is Cc1ccc(OCC2CC2)c(-c2ncnc3c(C(=O)N[C@@H]4C[C@@H](NC(=O)[C@H](C)O)C[C@H]4F)c(C)[nH]c23)c1. The van der Waals surface area contributed by atoms with E-state index in [1.807, 2.05) is 25.1 Å². The summed E-state index contributed by atoms with van der Waals surface area (Å²) in [5.74, 6) is 0.320. The van der Waals surface area contributed by atoms with Crippen LogP contribution in [0.15, 0.2) is 24.5 Å². The van der Waals surface area contributed by atoms with Gasteiger partial charge in [0.15, 0.2) is 0 Å². The van der Waals surface area contributed by atoms with Crippen molar-refractivity contribution in [2.45, 2.75) is 70.8 Å². The molecular formula is C27H32FN5O4. The summed E-state index contributed by atoms with van der Waals surface area (Å²) in [6.45, 7) is 5.78. The Bertz CT molecular complexity index is 1340. The van der Waals surface area contributed by atoms with E-state index in [1.54, 1.807) is 6.92 Å². The van der Waals surface area contributed by atoms with Crippen LogP contribution in [-0.4, -0.2) is 62.8 Å². The molecule has 9 nitrogen and oxygen atoms in total. The van der Waals surface area contributed by atoms with E-state index < -0.39 is 36.2 Å². The molecule has 5 rings (SSSR count). The molecule has 2 aromatic heterocycles. The van der Waals surface area contributed by atoms with E-state index >= 15 is 0 Å². The van der Waals surface area contributed by atoms with E-state index in [0.29, 0.717) is 40.5 Å². The van der Waals surface area contributed by atoms with Crippen LogP contribution < -0.4 is 15.4 Å². The number of aliphatic hydroxyl groups is 1. The van der Waals surface area contributed by atoms with Crippen molar-refractivity contribution in [2.75, 3.05) is 6.61 Å². The van der Waals surface area contributed by atoms with E-state index in [2.05, 4.69) is 25.6 Å². The highest BCUT2D eigenvalue weighted by molar-refractivity contribution is 6.09. The highest BCUT2D eigenvalue weighted by atomic mass is 19.1. The number of alkyl halides is 1. The third-order valence-electron chi connectivity index (χ3n) is 7.09. The average molecular weight is 510 g/mol. The van der Waals surface area contributed by atoms with Gasteiger partial charge in [-0.05, 0) is 58.1 Å². The molecule has 2 fully saturated rings. The van der Waals surface area contributed by atoms with Gasteiger partial charge in [0.2, 0.25) is 5.91 Å². The molecule has 2 saturated carbocycles. The standard InChI is InChI=1S/C27H32FN5O4/c1-13-4-7-21(37-11-16-5-6-16)18(8-13)23-25-24(30-12-29-23)22(14(2)31-25)27(36)33-20-10-17(9-19(20)28)32-26(35)15(3)34/h4,7-8,12,15-17,19-20,31,34H,5-6,9-11H2,1-3H3,(H,32,35)(H,33,36)/t15-,17-,19+,20+/m0/s1. The van der Waals surface area contributed by atoms with Crippen molar-refractivity contribution in [2.24, 2.45) is 5.92 Å². The van der Waals surface area contributed by atoms with Crippen molar-refractivity contribution < 1.29 is 23.8 Å². The number of fused-ring (bicyclic) bond motifs is 1. The van der Waals surface area contributed by atoms with Crippen LogP contribution in [0.3, 0.4) is 0 Å². The summed E-state index contributed by atoms with van der Waals surface area (Å²) in [4.78, 5) is 37.3. The summed E-state index contributed by atoms with van der Waals surface area (Å²) in [5.41, 5.74) is 4.48. The quantitative estimate of drug-likeness (QED) is 0.369. The summed E-state index contributed by atoms with van der Waals surface area (Å²) < 4.78 is 20.8. The van der Waals surface area contributed by atoms with Crippen LogP contribution in [0.5, 0.6) is 5.75 Å². The average Bonchev–Trinajstić information content (AvgIpc) is 3.53. The van der Waals surface area contributed by atoms with Crippen LogP contribution in [0, 0.1) is 19.8 Å². The number of aromatic amines is 1. The Morgan fingerprint density at radius 1 is 1.22 bits per heavy atom. The van der Waals surface area contributed by atoms with E-state index in [-0.39, 0.29) is 12.8 Å². The van der Waals surface area contributed by atoms with Gasteiger partial charge in [0.1, 0.15) is 35.6 Å². The Morgan fingerprint density at radius 3 is 2.73 bits per heavy atom. The van der Waals surface area contributed by atoms with Crippen molar-refractivity contribution in [1.82, 2.24) is 25.6 Å². The fourth-order valence-electron chi connectivity index (χ4n) is 4.87. The summed E-state index contributed by atoms with van der Waals surface area (Å²) >= 11 is 0. The molecule has 2 aliphatic rings. The predicted octanol–water partition coefficient (Wildman–Crippen LogP) is 3.13. The smallest absolute Gasteiger partial charge is 0.255 e. The lowest BCUT2D eigenvalue weighted by molar-refractivity contribution is -0.129. The number of amides is 2. The number of halogens is 1. The molecule has 10 heteroatoms. The Kier molecular flexibility index (Phi) is 6.85. The minimum absolute atomic E-state index is 0.0690. The fourth-order valence-corrected chi connectivity index (χ4v) is 4.87. The third kappa shape index (κ3) is 5.29.